The molecular formula is C54H62N4O13. The normalized spacial score (nSPS) is 24.4. The number of hydrogen-bond donors (Lipinski definition) is 2. The van der Waals surface area contributed by atoms with Gasteiger partial charge in [0.25, 0.3) is 5.69 Å². The van der Waals surface area contributed by atoms with Crippen molar-refractivity contribution < 1.29 is 57.9 Å². The number of aliphatic hydroxyl groups excluding tert-OH is 2. The van der Waals surface area contributed by atoms with Crippen molar-refractivity contribution in [3.63, 3.8) is 0 Å². The molecule has 1 saturated carbocycles. The number of nitro groups is 1. The number of carbonyl (C=O) groups is 1. The van der Waals surface area contributed by atoms with E-state index in [0.717, 1.165) is 61.0 Å². The van der Waals surface area contributed by atoms with Gasteiger partial charge in [-0.15, -0.1) is 6.58 Å². The highest BCUT2D eigenvalue weighted by molar-refractivity contribution is 6.03. The highest BCUT2D eigenvalue weighted by Gasteiger charge is 2.66. The Morgan fingerprint density at radius 1 is 0.972 bits per heavy atom. The fourth-order valence-electron chi connectivity index (χ4n) is 10.8. The molecule has 17 heteroatoms. The number of hydrogen-bond acceptors (Lipinski definition) is 15. The van der Waals surface area contributed by atoms with Crippen molar-refractivity contribution in [2.75, 3.05) is 33.2 Å². The molecule has 5 aliphatic rings. The van der Waals surface area contributed by atoms with E-state index < -0.39 is 35.1 Å². The minimum absolute atomic E-state index is 0.00913. The van der Waals surface area contributed by atoms with Gasteiger partial charge in [-0.2, -0.15) is 0 Å². The number of benzene rings is 3. The predicted octanol–water partition coefficient (Wildman–Crippen LogP) is 9.47. The first-order valence-electron chi connectivity index (χ1n) is 24.7. The highest BCUT2D eigenvalue weighted by Crippen LogP contribution is 2.62. The SMILES string of the molecule is C=CCO[C@@]12Oc3ccc(OCc4cccc(C)n4)cc3[C@H]3[C@H](CCCCO)[C@@H](CCCCO)C=C(C(=NOC4CCCCO4)C[C@@H]1N(Cc1ccc4c(c1)OCO4)C(=O)Oc1ccc([N+](=O)[O-])cc1)[C@H]32. The second kappa shape index (κ2) is 22.7. The summed E-state index contributed by atoms with van der Waals surface area (Å²) in [4.78, 5) is 38.9. The van der Waals surface area contributed by atoms with E-state index in [9.17, 15) is 20.3 Å². The van der Waals surface area contributed by atoms with Crippen LogP contribution in [0.1, 0.15) is 92.6 Å². The van der Waals surface area contributed by atoms with E-state index in [2.05, 4.69) is 17.6 Å². The predicted molar refractivity (Wildman–Crippen MR) is 260 cm³/mol. The number of amides is 1. The first-order valence-corrected chi connectivity index (χ1v) is 24.7. The van der Waals surface area contributed by atoms with Crippen molar-refractivity contribution in [1.82, 2.24) is 9.88 Å². The van der Waals surface area contributed by atoms with Crippen LogP contribution in [0.15, 0.2) is 108 Å². The lowest BCUT2D eigenvalue weighted by Gasteiger charge is -2.59. The van der Waals surface area contributed by atoms with Gasteiger partial charge in [-0.05, 0) is 123 Å². The second-order valence-electron chi connectivity index (χ2n) is 18.7. The zero-order valence-electron chi connectivity index (χ0n) is 40.0. The van der Waals surface area contributed by atoms with Crippen molar-refractivity contribution in [2.45, 2.75) is 108 Å². The molecule has 2 fully saturated rings. The Labute approximate surface area is 413 Å². The standard InChI is InChI=1S/C54H62N4O13/c1-3-26-68-54-49(57(32-36-16-22-47-48(28-36)67-34-66-47)53(61)69-40-19-17-39(18-20-40)58(62)63)31-45(56-71-50-15-6-9-27-64-50)43-29-37(12-4-7-24-59)42(14-5-8-25-60)51(52(43)54)44-30-41(21-23-46(44)70-54)65-33-38-13-10-11-35(2)55-38/h3,10-11,13,16-23,28-30,37,42,49-52,59-60H,1,4-9,12,14-15,24-27,31-34H2,2H3/t37-,42+,49-,50?,51+,52+,54+/m0/s1. The van der Waals surface area contributed by atoms with Crippen LogP contribution in [0, 0.1) is 34.8 Å². The maximum absolute atomic E-state index is 15.3. The Morgan fingerprint density at radius 3 is 2.52 bits per heavy atom. The summed E-state index contributed by atoms with van der Waals surface area (Å²) in [5.74, 6) is -0.300. The molecule has 4 aromatic rings. The molecule has 2 N–H and O–H groups in total. The average Bonchev–Trinajstić information content (AvgIpc) is 3.86. The smallest absolute Gasteiger partial charge is 0.416 e. The molecule has 2 aliphatic carbocycles. The molecule has 3 aromatic carbocycles. The number of rotatable bonds is 21. The van der Waals surface area contributed by atoms with E-state index in [1.165, 1.54) is 24.3 Å². The molecule has 1 aromatic heterocycles. The Kier molecular flexibility index (Phi) is 15.8. The van der Waals surface area contributed by atoms with Gasteiger partial charge in [0.2, 0.25) is 18.9 Å². The zero-order valence-corrected chi connectivity index (χ0v) is 40.0. The molecule has 0 radical (unpaired) electrons. The molecule has 71 heavy (non-hydrogen) atoms. The number of nitrogens with zero attached hydrogens (tertiary/aromatic N) is 4. The third-order valence-electron chi connectivity index (χ3n) is 14.0. The van der Waals surface area contributed by atoms with Crippen LogP contribution in [0.25, 0.3) is 0 Å². The Morgan fingerprint density at radius 2 is 1.76 bits per heavy atom. The third kappa shape index (κ3) is 11.0. The van der Waals surface area contributed by atoms with Crippen LogP contribution in [0.3, 0.4) is 0 Å². The number of ether oxygens (including phenoxy) is 7. The number of non-ortho nitro benzene ring substituents is 1. The number of oxime groups is 1. The molecule has 376 valence electrons. The van der Waals surface area contributed by atoms with E-state index in [4.69, 9.17) is 43.2 Å². The summed E-state index contributed by atoms with van der Waals surface area (Å²) in [6.45, 7) is 6.95. The van der Waals surface area contributed by atoms with Crippen molar-refractivity contribution in [3.05, 3.63) is 136 Å². The summed E-state index contributed by atoms with van der Waals surface area (Å²) in [6.07, 6.45) is 9.39. The zero-order chi connectivity index (χ0) is 49.3. The van der Waals surface area contributed by atoms with Gasteiger partial charge in [0.1, 0.15) is 29.9 Å². The third-order valence-corrected chi connectivity index (χ3v) is 14.0. The first-order chi connectivity index (χ1) is 34.7. The quantitative estimate of drug-likeness (QED) is 0.0346. The van der Waals surface area contributed by atoms with E-state index in [1.807, 2.05) is 55.5 Å². The second-order valence-corrected chi connectivity index (χ2v) is 18.7. The summed E-state index contributed by atoms with van der Waals surface area (Å²) < 4.78 is 44.8. The fraction of sp³-hybridized carbons (Fsp3) is 0.463. The van der Waals surface area contributed by atoms with Gasteiger partial charge in [-0.25, -0.2) is 4.79 Å². The topological polar surface area (TPSA) is 203 Å². The number of carbonyl (C=O) groups excluding carboxylic acids is 1. The molecule has 1 unspecified atom stereocenters. The first kappa shape index (κ1) is 49.5. The maximum Gasteiger partial charge on any atom is 0.416 e. The lowest BCUT2D eigenvalue weighted by atomic mass is 9.55. The lowest BCUT2D eigenvalue weighted by Crippen LogP contribution is -2.70. The van der Waals surface area contributed by atoms with Crippen LogP contribution in [0.5, 0.6) is 28.7 Å². The fourth-order valence-corrected chi connectivity index (χ4v) is 10.8. The number of unbranched alkanes of at least 4 members (excludes halogenated alkanes) is 2. The number of nitro benzene ring substituents is 1. The van der Waals surface area contributed by atoms with Crippen molar-refractivity contribution in [1.29, 1.82) is 0 Å². The minimum Gasteiger partial charge on any atom is -0.487 e. The molecule has 17 nitrogen and oxygen atoms in total. The van der Waals surface area contributed by atoms with Crippen molar-refractivity contribution in [3.8, 4) is 28.7 Å². The molecule has 1 saturated heterocycles. The van der Waals surface area contributed by atoms with Crippen molar-refractivity contribution >= 4 is 17.5 Å². The van der Waals surface area contributed by atoms with E-state index in [0.29, 0.717) is 60.1 Å². The number of aryl methyl sites for hydroxylation is 1. The van der Waals surface area contributed by atoms with Gasteiger partial charge < -0.3 is 48.2 Å². The van der Waals surface area contributed by atoms with Crippen LogP contribution in [0.4, 0.5) is 10.5 Å². The summed E-state index contributed by atoms with van der Waals surface area (Å²) in [7, 11) is 0. The number of pyridine rings is 1. The highest BCUT2D eigenvalue weighted by atomic mass is 16.8. The molecule has 3 aliphatic heterocycles. The lowest BCUT2D eigenvalue weighted by molar-refractivity contribution is -0.384. The van der Waals surface area contributed by atoms with Crippen LogP contribution in [-0.2, 0) is 27.5 Å². The van der Waals surface area contributed by atoms with E-state index >= 15 is 4.79 Å². The Hall–Kier alpha value is -6.53. The molecule has 0 bridgehead atoms. The summed E-state index contributed by atoms with van der Waals surface area (Å²) in [5, 5.41) is 36.7. The number of aliphatic hydroxyl groups is 2. The number of aromatic nitrogens is 1. The Balaban J connectivity index is 1.23. The van der Waals surface area contributed by atoms with E-state index in [-0.39, 0.29) is 75.4 Å². The maximum atomic E-state index is 15.3. The van der Waals surface area contributed by atoms with Gasteiger partial charge >= 0.3 is 6.09 Å². The van der Waals surface area contributed by atoms with Crippen LogP contribution < -0.4 is 23.7 Å². The summed E-state index contributed by atoms with van der Waals surface area (Å²) in [5.41, 5.74) is 4.52. The Bertz CT molecular complexity index is 2580. The van der Waals surface area contributed by atoms with Gasteiger partial charge in [-0.3, -0.25) is 20.0 Å². The number of fused-ring (bicyclic) bond motifs is 3. The monoisotopic (exact) mass is 974 g/mol. The van der Waals surface area contributed by atoms with Gasteiger partial charge in [-0.1, -0.05) is 42.3 Å². The molecule has 0 spiro atoms. The van der Waals surface area contributed by atoms with Crippen molar-refractivity contribution in [2.24, 2.45) is 22.9 Å². The number of allylic oxidation sites excluding steroid dienone is 1. The molecular weight excluding hydrogens is 913 g/mol. The van der Waals surface area contributed by atoms with Crippen LogP contribution in [-0.4, -0.2) is 88.2 Å². The summed E-state index contributed by atoms with van der Waals surface area (Å²) >= 11 is 0. The molecule has 7 atom stereocenters. The largest absolute Gasteiger partial charge is 0.487 e. The average molecular weight is 975 g/mol. The van der Waals surface area contributed by atoms with Gasteiger partial charge in [0.05, 0.1) is 35.5 Å². The van der Waals surface area contributed by atoms with E-state index in [1.54, 1.807) is 17.0 Å². The van der Waals surface area contributed by atoms with Crippen LogP contribution in [0.2, 0.25) is 0 Å². The summed E-state index contributed by atoms with van der Waals surface area (Å²) in [6, 6.07) is 21.5. The van der Waals surface area contributed by atoms with Gasteiger partial charge in [0.15, 0.2) is 11.5 Å². The molecule has 1 amide bonds. The molecule has 4 heterocycles. The minimum atomic E-state index is -1.62. The van der Waals surface area contributed by atoms with Gasteiger partial charge in [0, 0.05) is 61.9 Å². The van der Waals surface area contributed by atoms with Crippen LogP contribution >= 0.6 is 0 Å². The molecule has 9 rings (SSSR count).